The number of hydrogen-bond donors (Lipinski definition) is 1. The molecule has 2 aromatic rings. The van der Waals surface area contributed by atoms with Crippen LogP contribution in [0.15, 0.2) is 36.4 Å². The third-order valence-corrected chi connectivity index (χ3v) is 8.63. The number of methoxy groups -OCH3 is 1. The zero-order valence-corrected chi connectivity index (χ0v) is 19.5. The van der Waals surface area contributed by atoms with Gasteiger partial charge in [-0.25, -0.2) is 0 Å². The number of nitrogens with zero attached hydrogens (tertiary/aromatic N) is 1. The molecule has 2 aliphatic heterocycles. The van der Waals surface area contributed by atoms with E-state index in [-0.39, 0.29) is 36.4 Å². The molecule has 178 valence electrons. The molecule has 0 bridgehead atoms. The first-order valence-electron chi connectivity index (χ1n) is 12.0. The van der Waals surface area contributed by atoms with Crippen molar-refractivity contribution in [3.63, 3.8) is 0 Å². The van der Waals surface area contributed by atoms with Gasteiger partial charge < -0.3 is 24.2 Å². The molecule has 1 spiro atoms. The fourth-order valence-corrected chi connectivity index (χ4v) is 6.99. The van der Waals surface area contributed by atoms with Crippen LogP contribution in [0.2, 0.25) is 0 Å². The van der Waals surface area contributed by atoms with Crippen LogP contribution in [0.4, 0.5) is 0 Å². The van der Waals surface area contributed by atoms with Gasteiger partial charge in [0.15, 0.2) is 17.3 Å². The summed E-state index contributed by atoms with van der Waals surface area (Å²) in [5, 5.41) is 9.62. The summed E-state index contributed by atoms with van der Waals surface area (Å²) in [5.41, 5.74) is 2.18. The number of aromatic hydroxyl groups is 1. The van der Waals surface area contributed by atoms with Gasteiger partial charge in [0.25, 0.3) is 0 Å². The van der Waals surface area contributed by atoms with E-state index in [9.17, 15) is 14.7 Å². The summed E-state index contributed by atoms with van der Waals surface area (Å²) >= 11 is 0. The highest BCUT2D eigenvalue weighted by Gasteiger charge is 2.66. The van der Waals surface area contributed by atoms with Gasteiger partial charge >= 0.3 is 0 Å². The highest BCUT2D eigenvalue weighted by molar-refractivity contribution is 6.06. The second-order valence-corrected chi connectivity index (χ2v) is 10.0. The number of likely N-dealkylation sites (N-methyl/N-ethyl adjacent to an activating group) is 1. The summed E-state index contributed by atoms with van der Waals surface area (Å²) in [6, 6.07) is 10.8. The Morgan fingerprint density at radius 2 is 1.88 bits per heavy atom. The third kappa shape index (κ3) is 2.92. The third-order valence-electron chi connectivity index (χ3n) is 8.63. The lowest BCUT2D eigenvalue weighted by Crippen LogP contribution is -2.54. The zero-order chi connectivity index (χ0) is 23.6. The first kappa shape index (κ1) is 21.5. The molecule has 2 aromatic carbocycles. The van der Waals surface area contributed by atoms with E-state index < -0.39 is 17.3 Å². The molecular formula is C27H29NO6. The van der Waals surface area contributed by atoms with E-state index in [2.05, 4.69) is 0 Å². The molecule has 0 radical (unpaired) electrons. The highest BCUT2D eigenvalue weighted by Crippen LogP contribution is 2.60. The lowest BCUT2D eigenvalue weighted by molar-refractivity contribution is -0.132. The molecule has 1 amide bonds. The van der Waals surface area contributed by atoms with E-state index in [0.29, 0.717) is 29.9 Å². The van der Waals surface area contributed by atoms with Gasteiger partial charge in [0.05, 0.1) is 12.0 Å². The van der Waals surface area contributed by atoms with Crippen LogP contribution in [0.1, 0.15) is 47.2 Å². The number of ether oxygens (including phenoxy) is 3. The largest absolute Gasteiger partial charge is 0.508 e. The van der Waals surface area contributed by atoms with Crippen molar-refractivity contribution in [3.8, 4) is 17.2 Å². The Balaban J connectivity index is 1.47. The topological polar surface area (TPSA) is 85.3 Å². The molecule has 7 nitrogen and oxygen atoms in total. The number of carbonyl (C=O) groups excluding carboxylic acids is 2. The normalized spacial score (nSPS) is 31.3. The maximum atomic E-state index is 13.9. The van der Waals surface area contributed by atoms with Crippen molar-refractivity contribution in [2.45, 2.75) is 49.7 Å². The zero-order valence-electron chi connectivity index (χ0n) is 19.5. The average molecular weight is 464 g/mol. The average Bonchev–Trinajstić information content (AvgIpc) is 3.40. The minimum absolute atomic E-state index is 0.0129. The standard InChI is InChI=1S/C27H29NO6/c1-28-23-11-17(32-2)9-10-27(23)20-13-22-21(33-14-34-22)12-19(20)25(30)18(24(27)26(28)31)8-5-15-3-6-16(29)7-4-15/h3-4,6-7,12-13,17-18,23-24,29H,5,8-11,14H2,1-2H3/t17-,18-,23-,24-,27+/m1/s1. The molecule has 5 atom stereocenters. The summed E-state index contributed by atoms with van der Waals surface area (Å²) < 4.78 is 17.0. The van der Waals surface area contributed by atoms with Gasteiger partial charge in [-0.2, -0.15) is 0 Å². The van der Waals surface area contributed by atoms with E-state index in [0.717, 1.165) is 30.4 Å². The SMILES string of the molecule is CO[C@@H]1CC[C@@]23c4cc5c(cc4C(=O)[C@H](CCc4ccc(O)cc4)[C@@H]2C(=O)N(C)[C@@H]3C1)OCO5. The summed E-state index contributed by atoms with van der Waals surface area (Å²) in [6.45, 7) is 0.140. The lowest BCUT2D eigenvalue weighted by atomic mass is 9.52. The molecule has 1 saturated carbocycles. The number of ketones is 1. The molecule has 34 heavy (non-hydrogen) atoms. The fraction of sp³-hybridized carbons (Fsp3) is 0.481. The number of fused-ring (bicyclic) bond motifs is 2. The quantitative estimate of drug-likeness (QED) is 0.748. The number of rotatable bonds is 4. The Morgan fingerprint density at radius 3 is 2.62 bits per heavy atom. The Kier molecular flexibility index (Phi) is 4.88. The number of aryl methyl sites for hydroxylation is 1. The monoisotopic (exact) mass is 463 g/mol. The van der Waals surface area contributed by atoms with Crippen molar-refractivity contribution >= 4 is 11.7 Å². The number of benzene rings is 2. The smallest absolute Gasteiger partial charge is 0.231 e. The molecular weight excluding hydrogens is 434 g/mol. The number of amides is 1. The van der Waals surface area contributed by atoms with Gasteiger partial charge in [-0.05, 0) is 67.5 Å². The summed E-state index contributed by atoms with van der Waals surface area (Å²) in [4.78, 5) is 29.6. The van der Waals surface area contributed by atoms with Crippen LogP contribution < -0.4 is 9.47 Å². The van der Waals surface area contributed by atoms with Crippen molar-refractivity contribution in [2.75, 3.05) is 21.0 Å². The molecule has 0 aromatic heterocycles. The van der Waals surface area contributed by atoms with Crippen LogP contribution >= 0.6 is 0 Å². The molecule has 1 N–H and O–H groups in total. The van der Waals surface area contributed by atoms with Gasteiger partial charge in [-0.1, -0.05) is 12.1 Å². The Labute approximate surface area is 198 Å². The van der Waals surface area contributed by atoms with Gasteiger partial charge in [-0.15, -0.1) is 0 Å². The van der Waals surface area contributed by atoms with Crippen LogP contribution in [-0.4, -0.2) is 54.8 Å². The van der Waals surface area contributed by atoms with Crippen LogP contribution in [-0.2, 0) is 21.4 Å². The number of phenols is 1. The van der Waals surface area contributed by atoms with Gasteiger partial charge in [0, 0.05) is 37.1 Å². The van der Waals surface area contributed by atoms with E-state index in [4.69, 9.17) is 14.2 Å². The molecule has 1 saturated heterocycles. The van der Waals surface area contributed by atoms with Gasteiger partial charge in [-0.3, -0.25) is 9.59 Å². The second kappa shape index (κ2) is 7.73. The number of carbonyl (C=O) groups is 2. The molecule has 2 aliphatic carbocycles. The van der Waals surface area contributed by atoms with Gasteiger partial charge in [0.2, 0.25) is 12.7 Å². The predicted octanol–water partition coefficient (Wildman–Crippen LogP) is 3.46. The number of phenolic OH excluding ortho intramolecular Hbond substituents is 1. The Morgan fingerprint density at radius 1 is 1.15 bits per heavy atom. The first-order chi connectivity index (χ1) is 16.4. The number of likely N-dealkylation sites (tertiary alicyclic amines) is 1. The molecule has 7 heteroatoms. The predicted molar refractivity (Wildman–Crippen MR) is 123 cm³/mol. The maximum Gasteiger partial charge on any atom is 0.231 e. The van der Waals surface area contributed by atoms with Crippen molar-refractivity contribution in [3.05, 3.63) is 53.1 Å². The van der Waals surface area contributed by atoms with Crippen LogP contribution in [0.3, 0.4) is 0 Å². The highest BCUT2D eigenvalue weighted by atomic mass is 16.7. The van der Waals surface area contributed by atoms with Crippen molar-refractivity contribution in [1.29, 1.82) is 0 Å². The summed E-state index contributed by atoms with van der Waals surface area (Å²) in [6.07, 6.45) is 3.71. The Hall–Kier alpha value is -3.06. The first-order valence-corrected chi connectivity index (χ1v) is 12.0. The van der Waals surface area contributed by atoms with E-state index >= 15 is 0 Å². The second-order valence-electron chi connectivity index (χ2n) is 10.0. The van der Waals surface area contributed by atoms with Crippen molar-refractivity contribution in [2.24, 2.45) is 11.8 Å². The van der Waals surface area contributed by atoms with Crippen molar-refractivity contribution < 1.29 is 28.9 Å². The fourth-order valence-electron chi connectivity index (χ4n) is 6.99. The van der Waals surface area contributed by atoms with E-state index in [1.54, 1.807) is 19.2 Å². The van der Waals surface area contributed by atoms with Crippen molar-refractivity contribution in [1.82, 2.24) is 4.90 Å². The molecule has 4 aliphatic rings. The molecule has 2 fully saturated rings. The minimum atomic E-state index is -0.454. The van der Waals surface area contributed by atoms with E-state index in [1.165, 1.54) is 0 Å². The summed E-state index contributed by atoms with van der Waals surface area (Å²) in [5.74, 6) is 0.703. The van der Waals surface area contributed by atoms with Crippen LogP contribution in [0.25, 0.3) is 0 Å². The number of Topliss-reactive ketones (excluding diaryl/α,β-unsaturated/α-hetero) is 1. The number of hydrogen-bond acceptors (Lipinski definition) is 6. The summed E-state index contributed by atoms with van der Waals surface area (Å²) in [7, 11) is 3.60. The molecule has 2 heterocycles. The minimum Gasteiger partial charge on any atom is -0.508 e. The van der Waals surface area contributed by atoms with E-state index in [1.807, 2.05) is 36.2 Å². The Bertz CT molecular complexity index is 1160. The maximum absolute atomic E-state index is 13.9. The van der Waals surface area contributed by atoms with Crippen LogP contribution in [0, 0.1) is 11.8 Å². The van der Waals surface area contributed by atoms with Crippen LogP contribution in [0.5, 0.6) is 17.2 Å². The van der Waals surface area contributed by atoms with Gasteiger partial charge in [0.1, 0.15) is 5.75 Å². The lowest BCUT2D eigenvalue weighted by Gasteiger charge is -2.50. The molecule has 6 rings (SSSR count). The molecule has 0 unspecified atom stereocenters.